The Morgan fingerprint density at radius 3 is 3.07 bits per heavy atom. The largest absolute Gasteiger partial charge is 0.465 e. The number of hydrogen-bond acceptors (Lipinski definition) is 5. The SMILES string of the molecule is O=C(C=Cc1ccco1)NCCc1csc2nc(-c3cccc(F)c3)nn12. The van der Waals surface area contributed by atoms with Gasteiger partial charge in [0.2, 0.25) is 10.9 Å². The Labute approximate surface area is 158 Å². The first-order chi connectivity index (χ1) is 13.2. The fraction of sp³-hybridized carbons (Fsp3) is 0.105. The molecule has 0 saturated heterocycles. The molecule has 0 fully saturated rings. The number of rotatable bonds is 6. The molecule has 0 bridgehead atoms. The molecule has 136 valence electrons. The molecule has 4 rings (SSSR count). The maximum Gasteiger partial charge on any atom is 0.244 e. The average Bonchev–Trinajstić information content (AvgIpc) is 3.38. The Kier molecular flexibility index (Phi) is 4.80. The maximum atomic E-state index is 13.4. The van der Waals surface area contributed by atoms with E-state index in [2.05, 4.69) is 15.4 Å². The summed E-state index contributed by atoms with van der Waals surface area (Å²) in [6, 6.07) is 9.73. The first-order valence-electron chi connectivity index (χ1n) is 8.27. The molecule has 1 amide bonds. The van der Waals surface area contributed by atoms with Gasteiger partial charge in [-0.25, -0.2) is 8.91 Å². The van der Waals surface area contributed by atoms with Crippen molar-refractivity contribution in [2.24, 2.45) is 0 Å². The number of hydrogen-bond donors (Lipinski definition) is 1. The van der Waals surface area contributed by atoms with E-state index in [-0.39, 0.29) is 11.7 Å². The second-order valence-electron chi connectivity index (χ2n) is 5.76. The van der Waals surface area contributed by atoms with Crippen molar-refractivity contribution in [2.75, 3.05) is 6.54 Å². The molecule has 0 aliphatic rings. The highest BCUT2D eigenvalue weighted by Crippen LogP contribution is 2.21. The predicted octanol–water partition coefficient (Wildman–Crippen LogP) is 3.56. The topological polar surface area (TPSA) is 72.4 Å². The predicted molar refractivity (Wildman–Crippen MR) is 101 cm³/mol. The van der Waals surface area contributed by atoms with E-state index in [1.165, 1.54) is 29.5 Å². The van der Waals surface area contributed by atoms with Crippen molar-refractivity contribution in [3.8, 4) is 11.4 Å². The Morgan fingerprint density at radius 2 is 2.26 bits per heavy atom. The third kappa shape index (κ3) is 3.95. The number of carbonyl (C=O) groups excluding carboxylic acids is 1. The van der Waals surface area contributed by atoms with E-state index in [1.54, 1.807) is 41.1 Å². The van der Waals surface area contributed by atoms with Crippen molar-refractivity contribution in [1.82, 2.24) is 19.9 Å². The summed E-state index contributed by atoms with van der Waals surface area (Å²) in [7, 11) is 0. The zero-order valence-corrected chi connectivity index (χ0v) is 14.9. The Hall–Kier alpha value is -3.26. The van der Waals surface area contributed by atoms with Gasteiger partial charge >= 0.3 is 0 Å². The molecular weight excluding hydrogens is 367 g/mol. The van der Waals surface area contributed by atoms with Crippen LogP contribution in [0.15, 0.2) is 58.5 Å². The standard InChI is InChI=1S/C19H15FN4O2S/c20-14-4-1-3-13(11-14)18-22-19-24(23-18)15(12-27-19)8-9-21-17(25)7-6-16-5-2-10-26-16/h1-7,10-12H,8-9H2,(H,21,25). The van der Waals surface area contributed by atoms with Gasteiger partial charge in [0.05, 0.1) is 12.0 Å². The summed E-state index contributed by atoms with van der Waals surface area (Å²) in [5, 5.41) is 9.24. The van der Waals surface area contributed by atoms with Crippen LogP contribution < -0.4 is 5.32 Å². The molecule has 1 N–H and O–H groups in total. The smallest absolute Gasteiger partial charge is 0.244 e. The lowest BCUT2D eigenvalue weighted by atomic mass is 10.2. The fourth-order valence-electron chi connectivity index (χ4n) is 2.56. The Balaban J connectivity index is 1.40. The zero-order valence-electron chi connectivity index (χ0n) is 14.1. The van der Waals surface area contributed by atoms with Crippen LogP contribution >= 0.6 is 11.3 Å². The van der Waals surface area contributed by atoms with Crippen LogP contribution in [0, 0.1) is 5.82 Å². The lowest BCUT2D eigenvalue weighted by Crippen LogP contribution is -2.23. The first kappa shape index (κ1) is 17.2. The number of nitrogens with one attached hydrogen (secondary N) is 1. The summed E-state index contributed by atoms with van der Waals surface area (Å²) < 4.78 is 20.3. The molecule has 0 saturated carbocycles. The number of amides is 1. The van der Waals surface area contributed by atoms with Gasteiger partial charge in [0.15, 0.2) is 5.82 Å². The monoisotopic (exact) mass is 382 g/mol. The van der Waals surface area contributed by atoms with Crippen molar-refractivity contribution in [3.05, 3.63) is 71.4 Å². The van der Waals surface area contributed by atoms with Crippen molar-refractivity contribution < 1.29 is 13.6 Å². The quantitative estimate of drug-likeness (QED) is 0.518. The van der Waals surface area contributed by atoms with Gasteiger partial charge in [0.25, 0.3) is 0 Å². The van der Waals surface area contributed by atoms with Gasteiger partial charge in [-0.1, -0.05) is 12.1 Å². The van der Waals surface area contributed by atoms with E-state index in [4.69, 9.17) is 4.42 Å². The lowest BCUT2D eigenvalue weighted by Gasteiger charge is -2.01. The number of furan rings is 1. The van der Waals surface area contributed by atoms with Crippen molar-refractivity contribution >= 4 is 28.3 Å². The third-order valence-corrected chi connectivity index (χ3v) is 4.72. The van der Waals surface area contributed by atoms with Crippen LogP contribution in [-0.2, 0) is 11.2 Å². The van der Waals surface area contributed by atoms with Gasteiger partial charge in [-0.15, -0.1) is 16.4 Å². The minimum absolute atomic E-state index is 0.197. The highest BCUT2D eigenvalue weighted by Gasteiger charge is 2.12. The molecule has 3 aromatic heterocycles. The fourth-order valence-corrected chi connectivity index (χ4v) is 3.42. The first-order valence-corrected chi connectivity index (χ1v) is 9.15. The van der Waals surface area contributed by atoms with E-state index in [0.29, 0.717) is 30.1 Å². The Morgan fingerprint density at radius 1 is 1.33 bits per heavy atom. The second-order valence-corrected chi connectivity index (χ2v) is 6.59. The van der Waals surface area contributed by atoms with Crippen LogP contribution in [0.4, 0.5) is 4.39 Å². The van der Waals surface area contributed by atoms with E-state index >= 15 is 0 Å². The van der Waals surface area contributed by atoms with Crippen LogP contribution in [0.25, 0.3) is 22.4 Å². The van der Waals surface area contributed by atoms with Crippen LogP contribution in [-0.4, -0.2) is 27.0 Å². The number of benzene rings is 1. The van der Waals surface area contributed by atoms with Crippen LogP contribution in [0.1, 0.15) is 11.5 Å². The van der Waals surface area contributed by atoms with Gasteiger partial charge in [-0.05, 0) is 30.3 Å². The Bertz CT molecular complexity index is 1100. The van der Waals surface area contributed by atoms with Crippen LogP contribution in [0.3, 0.4) is 0 Å². The minimum Gasteiger partial charge on any atom is -0.465 e. The van der Waals surface area contributed by atoms with Gasteiger partial charge in [-0.3, -0.25) is 4.79 Å². The van der Waals surface area contributed by atoms with Gasteiger partial charge in [0, 0.05) is 30.0 Å². The third-order valence-electron chi connectivity index (χ3n) is 3.86. The molecule has 0 radical (unpaired) electrons. The molecule has 0 spiro atoms. The highest BCUT2D eigenvalue weighted by molar-refractivity contribution is 7.15. The number of aromatic nitrogens is 3. The molecule has 0 unspecified atom stereocenters. The summed E-state index contributed by atoms with van der Waals surface area (Å²) in [4.78, 5) is 17.0. The van der Waals surface area contributed by atoms with E-state index < -0.39 is 0 Å². The summed E-state index contributed by atoms with van der Waals surface area (Å²) in [6.45, 7) is 0.461. The number of fused-ring (bicyclic) bond motifs is 1. The lowest BCUT2D eigenvalue weighted by molar-refractivity contribution is -0.116. The molecular formula is C19H15FN4O2S. The maximum absolute atomic E-state index is 13.4. The van der Waals surface area contributed by atoms with Crippen molar-refractivity contribution in [1.29, 1.82) is 0 Å². The second kappa shape index (κ2) is 7.55. The normalized spacial score (nSPS) is 11.4. The van der Waals surface area contributed by atoms with Crippen LogP contribution in [0.2, 0.25) is 0 Å². The summed E-state index contributed by atoms with van der Waals surface area (Å²) in [6.07, 6.45) is 5.20. The van der Waals surface area contributed by atoms with E-state index in [9.17, 15) is 9.18 Å². The zero-order chi connectivity index (χ0) is 18.6. The molecule has 0 aliphatic heterocycles. The summed E-state index contributed by atoms with van der Waals surface area (Å²) in [5.74, 6) is 0.582. The molecule has 27 heavy (non-hydrogen) atoms. The van der Waals surface area contributed by atoms with E-state index in [1.807, 2.05) is 5.38 Å². The van der Waals surface area contributed by atoms with Gasteiger partial charge in [0.1, 0.15) is 11.6 Å². The molecule has 8 heteroatoms. The molecule has 0 atom stereocenters. The molecule has 3 heterocycles. The number of nitrogens with zero attached hydrogens (tertiary/aromatic N) is 3. The highest BCUT2D eigenvalue weighted by atomic mass is 32.1. The van der Waals surface area contributed by atoms with E-state index in [0.717, 1.165) is 10.7 Å². The minimum atomic E-state index is -0.323. The molecule has 6 nitrogen and oxygen atoms in total. The summed E-state index contributed by atoms with van der Waals surface area (Å²) in [5.41, 5.74) is 1.56. The van der Waals surface area contributed by atoms with Crippen LogP contribution in [0.5, 0.6) is 0 Å². The molecule has 4 aromatic rings. The van der Waals surface area contributed by atoms with Crippen molar-refractivity contribution in [3.63, 3.8) is 0 Å². The molecule has 0 aliphatic carbocycles. The average molecular weight is 382 g/mol. The van der Waals surface area contributed by atoms with Crippen molar-refractivity contribution in [2.45, 2.75) is 6.42 Å². The number of thiazole rings is 1. The summed E-state index contributed by atoms with van der Waals surface area (Å²) >= 11 is 1.46. The molecule has 1 aromatic carbocycles. The van der Waals surface area contributed by atoms with Gasteiger partial charge < -0.3 is 9.73 Å². The number of halogens is 1. The number of carbonyl (C=O) groups is 1. The van der Waals surface area contributed by atoms with Gasteiger partial charge in [-0.2, -0.15) is 4.98 Å².